The molecule has 6 nitrogen and oxygen atoms in total. The molecule has 0 bridgehead atoms. The van der Waals surface area contributed by atoms with Crippen LogP contribution < -0.4 is 16.0 Å². The summed E-state index contributed by atoms with van der Waals surface area (Å²) in [5, 5.41) is 14.7. The van der Waals surface area contributed by atoms with E-state index in [9.17, 15) is 9.59 Å². The molecule has 98 valence electrons. The molecular weight excluding hydrogens is 264 g/mol. The molecule has 0 aromatic carbocycles. The molecule has 8 heteroatoms. The van der Waals surface area contributed by atoms with Gasteiger partial charge in [-0.05, 0) is 6.92 Å². The number of hydrogen-bond donors (Lipinski definition) is 4. The van der Waals surface area contributed by atoms with Crippen LogP contribution in [-0.4, -0.2) is 48.3 Å². The lowest BCUT2D eigenvalue weighted by atomic mass is 10.1. The Balaban J connectivity index is 0.00000256. The Bertz CT molecular complexity index is 303. The third-order valence-electron chi connectivity index (χ3n) is 2.18. The molecule has 1 rings (SSSR count). The first-order valence-electron chi connectivity index (χ1n) is 4.99. The van der Waals surface area contributed by atoms with Crippen LogP contribution in [0, 0.1) is 5.41 Å². The summed E-state index contributed by atoms with van der Waals surface area (Å²) < 4.78 is 0. The minimum absolute atomic E-state index is 0. The third-order valence-corrected chi connectivity index (χ3v) is 3.45. The average Bonchev–Trinajstić information content (AvgIpc) is 2.47. The minimum atomic E-state index is -0.788. The molecular formula is C9H17ClN4O2S. The normalized spacial score (nSPS) is 22.6. The number of halogens is 1. The van der Waals surface area contributed by atoms with Crippen LogP contribution in [0.25, 0.3) is 0 Å². The van der Waals surface area contributed by atoms with Crippen molar-refractivity contribution in [2.45, 2.75) is 12.5 Å². The van der Waals surface area contributed by atoms with E-state index in [0.29, 0.717) is 12.3 Å². The van der Waals surface area contributed by atoms with E-state index >= 15 is 0 Å². The maximum atomic E-state index is 11.4. The van der Waals surface area contributed by atoms with Gasteiger partial charge in [-0.3, -0.25) is 10.1 Å². The van der Waals surface area contributed by atoms with Crippen molar-refractivity contribution in [3.8, 4) is 0 Å². The molecule has 1 heterocycles. The molecule has 3 amide bonds. The van der Waals surface area contributed by atoms with Crippen LogP contribution >= 0.6 is 24.2 Å². The highest BCUT2D eigenvalue weighted by Gasteiger charge is 2.41. The van der Waals surface area contributed by atoms with Crippen molar-refractivity contribution < 1.29 is 9.59 Å². The molecule has 1 atom stereocenters. The lowest BCUT2D eigenvalue weighted by molar-refractivity contribution is -0.122. The van der Waals surface area contributed by atoms with Gasteiger partial charge in [0.15, 0.2) is 0 Å². The highest BCUT2D eigenvalue weighted by atomic mass is 35.5. The van der Waals surface area contributed by atoms with Crippen molar-refractivity contribution in [2.24, 2.45) is 0 Å². The van der Waals surface area contributed by atoms with Gasteiger partial charge in [0.05, 0.1) is 0 Å². The van der Waals surface area contributed by atoms with Crippen LogP contribution in [0.5, 0.6) is 0 Å². The van der Waals surface area contributed by atoms with E-state index in [1.165, 1.54) is 6.21 Å². The molecule has 0 aromatic rings. The van der Waals surface area contributed by atoms with E-state index in [0.717, 1.165) is 12.3 Å². The summed E-state index contributed by atoms with van der Waals surface area (Å²) in [5.74, 6) is 1.13. The fraction of sp³-hybridized carbons (Fsp3) is 0.667. The van der Waals surface area contributed by atoms with E-state index in [-0.39, 0.29) is 18.3 Å². The fourth-order valence-corrected chi connectivity index (χ4v) is 2.32. The molecule has 1 fully saturated rings. The number of urea groups is 1. The number of thioether (sulfide) groups is 1. The van der Waals surface area contributed by atoms with Gasteiger partial charge in [0.25, 0.3) is 5.91 Å². The minimum Gasteiger partial charge on any atom is -0.323 e. The SMILES string of the molecule is C[C@]1(CSCCNCC=N)NC(=O)NC1=O.Cl. The Morgan fingerprint density at radius 1 is 1.53 bits per heavy atom. The largest absolute Gasteiger partial charge is 0.323 e. The molecule has 0 unspecified atom stereocenters. The summed E-state index contributed by atoms with van der Waals surface area (Å²) in [6.07, 6.45) is 1.30. The van der Waals surface area contributed by atoms with Gasteiger partial charge < -0.3 is 16.0 Å². The van der Waals surface area contributed by atoms with Crippen molar-refractivity contribution in [2.75, 3.05) is 24.6 Å². The number of rotatable bonds is 7. The molecule has 0 radical (unpaired) electrons. The van der Waals surface area contributed by atoms with Gasteiger partial charge >= 0.3 is 6.03 Å². The van der Waals surface area contributed by atoms with Crippen molar-refractivity contribution in [1.29, 1.82) is 5.41 Å². The molecule has 0 spiro atoms. The van der Waals surface area contributed by atoms with Gasteiger partial charge in [-0.15, -0.1) is 12.4 Å². The number of amides is 3. The van der Waals surface area contributed by atoms with E-state index in [1.54, 1.807) is 18.7 Å². The Kier molecular flexibility index (Phi) is 7.17. The Morgan fingerprint density at radius 3 is 2.76 bits per heavy atom. The van der Waals surface area contributed by atoms with E-state index in [4.69, 9.17) is 5.41 Å². The first-order chi connectivity index (χ1) is 7.58. The highest BCUT2D eigenvalue weighted by molar-refractivity contribution is 7.99. The van der Waals surface area contributed by atoms with Crippen LogP contribution in [0.3, 0.4) is 0 Å². The molecule has 1 saturated heterocycles. The number of nitrogens with one attached hydrogen (secondary N) is 4. The van der Waals surface area contributed by atoms with Gasteiger partial charge in [-0.2, -0.15) is 11.8 Å². The summed E-state index contributed by atoms with van der Waals surface area (Å²) in [7, 11) is 0. The monoisotopic (exact) mass is 280 g/mol. The molecule has 1 aliphatic rings. The van der Waals surface area contributed by atoms with Crippen molar-refractivity contribution >= 4 is 42.3 Å². The van der Waals surface area contributed by atoms with Crippen LogP contribution in [0.1, 0.15) is 6.92 Å². The first-order valence-corrected chi connectivity index (χ1v) is 6.15. The zero-order chi connectivity index (χ0) is 12.0. The standard InChI is InChI=1S/C9H16N4O2S.ClH/c1-9(7(14)12-8(15)13-9)6-16-5-4-11-3-2-10;/h2,10-11H,3-6H2,1H3,(H2,12,13,14,15);1H/t9-;/m1./s1. The van der Waals surface area contributed by atoms with Gasteiger partial charge in [0, 0.05) is 30.8 Å². The molecule has 1 aliphatic heterocycles. The van der Waals surface area contributed by atoms with Crippen LogP contribution in [-0.2, 0) is 4.79 Å². The van der Waals surface area contributed by atoms with E-state index < -0.39 is 11.6 Å². The highest BCUT2D eigenvalue weighted by Crippen LogP contribution is 2.16. The number of imide groups is 1. The summed E-state index contributed by atoms with van der Waals surface area (Å²) in [5.41, 5.74) is -0.788. The van der Waals surface area contributed by atoms with Gasteiger partial charge in [-0.1, -0.05) is 0 Å². The Hall–Kier alpha value is -0.790. The number of carbonyl (C=O) groups is 2. The zero-order valence-corrected chi connectivity index (χ0v) is 11.2. The second kappa shape index (κ2) is 7.52. The smallest absolute Gasteiger partial charge is 0.322 e. The predicted molar refractivity (Wildman–Crippen MR) is 71.3 cm³/mol. The summed E-state index contributed by atoms with van der Waals surface area (Å²) in [4.78, 5) is 22.4. The molecule has 0 aromatic heterocycles. The third kappa shape index (κ3) is 4.93. The number of hydrogen-bond acceptors (Lipinski definition) is 5. The molecule has 0 saturated carbocycles. The topological polar surface area (TPSA) is 94.1 Å². The second-order valence-electron chi connectivity index (χ2n) is 3.70. The Morgan fingerprint density at radius 2 is 2.24 bits per heavy atom. The maximum Gasteiger partial charge on any atom is 0.322 e. The van der Waals surface area contributed by atoms with Crippen LogP contribution in [0.2, 0.25) is 0 Å². The van der Waals surface area contributed by atoms with Gasteiger partial charge in [-0.25, -0.2) is 4.79 Å². The maximum absolute atomic E-state index is 11.4. The van der Waals surface area contributed by atoms with Gasteiger partial charge in [0.2, 0.25) is 0 Å². The average molecular weight is 281 g/mol. The molecule has 4 N–H and O–H groups in total. The van der Waals surface area contributed by atoms with E-state index in [1.807, 2.05) is 0 Å². The summed E-state index contributed by atoms with van der Waals surface area (Å²) in [6, 6.07) is -0.421. The molecule has 0 aliphatic carbocycles. The molecule has 17 heavy (non-hydrogen) atoms. The van der Waals surface area contributed by atoms with Crippen molar-refractivity contribution in [1.82, 2.24) is 16.0 Å². The van der Waals surface area contributed by atoms with Crippen LogP contribution in [0.4, 0.5) is 4.79 Å². The number of carbonyl (C=O) groups excluding carboxylic acids is 2. The summed E-state index contributed by atoms with van der Waals surface area (Å²) in [6.45, 7) is 3.06. The lowest BCUT2D eigenvalue weighted by Crippen LogP contribution is -2.46. The van der Waals surface area contributed by atoms with Crippen molar-refractivity contribution in [3.63, 3.8) is 0 Å². The van der Waals surface area contributed by atoms with E-state index in [2.05, 4.69) is 16.0 Å². The predicted octanol–water partition coefficient (Wildman–Crippen LogP) is -0.0213. The fourth-order valence-electron chi connectivity index (χ4n) is 1.28. The van der Waals surface area contributed by atoms with Gasteiger partial charge in [0.1, 0.15) is 5.54 Å². The summed E-state index contributed by atoms with van der Waals surface area (Å²) >= 11 is 1.59. The quantitative estimate of drug-likeness (QED) is 0.299. The Labute approximate surface area is 111 Å². The van der Waals surface area contributed by atoms with Crippen molar-refractivity contribution in [3.05, 3.63) is 0 Å². The first kappa shape index (κ1) is 16.2. The zero-order valence-electron chi connectivity index (χ0n) is 9.54. The van der Waals surface area contributed by atoms with Crippen LogP contribution in [0.15, 0.2) is 0 Å². The lowest BCUT2D eigenvalue weighted by Gasteiger charge is -2.19. The second-order valence-corrected chi connectivity index (χ2v) is 4.81.